The summed E-state index contributed by atoms with van der Waals surface area (Å²) in [6.07, 6.45) is 0. The summed E-state index contributed by atoms with van der Waals surface area (Å²) in [7, 11) is -2.89. The summed E-state index contributed by atoms with van der Waals surface area (Å²) in [4.78, 5) is 0. The van der Waals surface area contributed by atoms with E-state index in [0.29, 0.717) is 0 Å². The van der Waals surface area contributed by atoms with Gasteiger partial charge in [0.15, 0.2) is 25.0 Å². The molecule has 0 saturated heterocycles. The summed E-state index contributed by atoms with van der Waals surface area (Å²) in [6, 6.07) is 22.2. The normalized spacial score (nSPS) is 13.7. The smallest absolute Gasteiger partial charge is 0.189 e. The zero-order valence-electron chi connectivity index (χ0n) is 19.6. The quantitative estimate of drug-likeness (QED) is 0.528. The molecule has 0 fully saturated rings. The molecule has 0 aliphatic carbocycles. The van der Waals surface area contributed by atoms with Gasteiger partial charge >= 0.3 is 0 Å². The maximum atomic E-state index is 6.49. The molecule has 2 aromatic carbocycles. The molecule has 0 N–H and O–H groups in total. The molecule has 0 atom stereocenters. The molecule has 0 spiro atoms. The third-order valence-electron chi connectivity index (χ3n) is 7.08. The van der Waals surface area contributed by atoms with Gasteiger partial charge in [-0.2, -0.15) is 0 Å². The molecule has 0 radical (unpaired) electrons. The van der Waals surface area contributed by atoms with Gasteiger partial charge in [-0.25, -0.2) is 0 Å². The van der Waals surface area contributed by atoms with E-state index < -0.39 is 33.7 Å². The van der Waals surface area contributed by atoms with Crippen LogP contribution in [0.4, 0.5) is 0 Å². The first kappa shape index (κ1) is 24.5. The standard InChI is InChI=1S/C22H38O3Si4/c1-23-27(4,5)22(28(6,7)24-2,29(8,9)25-3)26(20-16-12-10-13-17-20)21-18-14-11-15-19-21/h10-19,26H,1-9H3. The Morgan fingerprint density at radius 3 is 1.07 bits per heavy atom. The fourth-order valence-corrected chi connectivity index (χ4v) is 40.9. The topological polar surface area (TPSA) is 27.7 Å². The van der Waals surface area contributed by atoms with Gasteiger partial charge in [0.05, 0.1) is 0 Å². The SMILES string of the molecule is CO[Si](C)(C)C([SiH](c1ccccc1)c1ccccc1)([Si](C)(C)OC)[Si](C)(C)OC. The Morgan fingerprint density at radius 2 is 0.828 bits per heavy atom. The van der Waals surface area contributed by atoms with Crippen molar-refractivity contribution in [2.24, 2.45) is 0 Å². The van der Waals surface area contributed by atoms with Gasteiger partial charge in [-0.05, 0) is 39.3 Å². The molecule has 7 heteroatoms. The minimum Gasteiger partial charge on any atom is -0.421 e. The van der Waals surface area contributed by atoms with Crippen LogP contribution >= 0.6 is 0 Å². The van der Waals surface area contributed by atoms with Crippen LogP contribution < -0.4 is 10.4 Å². The van der Waals surface area contributed by atoms with E-state index in [-0.39, 0.29) is 3.91 Å². The van der Waals surface area contributed by atoms with E-state index in [1.807, 2.05) is 21.3 Å². The van der Waals surface area contributed by atoms with Crippen LogP contribution in [0.5, 0.6) is 0 Å². The van der Waals surface area contributed by atoms with Crippen molar-refractivity contribution < 1.29 is 13.3 Å². The minimum atomic E-state index is -2.26. The average molecular weight is 463 g/mol. The van der Waals surface area contributed by atoms with Crippen LogP contribution in [-0.2, 0) is 13.3 Å². The second-order valence-corrected chi connectivity index (χ2v) is 28.2. The number of hydrogen-bond acceptors (Lipinski definition) is 3. The van der Waals surface area contributed by atoms with Crippen LogP contribution in [0.15, 0.2) is 60.7 Å². The molecule has 29 heavy (non-hydrogen) atoms. The van der Waals surface area contributed by atoms with Crippen molar-refractivity contribution in [3.8, 4) is 0 Å². The number of rotatable bonds is 9. The molecule has 0 aromatic heterocycles. The van der Waals surface area contributed by atoms with Crippen molar-refractivity contribution in [1.82, 2.24) is 0 Å². The van der Waals surface area contributed by atoms with Gasteiger partial charge in [0.1, 0.15) is 8.80 Å². The predicted molar refractivity (Wildman–Crippen MR) is 135 cm³/mol. The van der Waals surface area contributed by atoms with E-state index >= 15 is 0 Å². The predicted octanol–water partition coefficient (Wildman–Crippen LogP) is 3.94. The van der Waals surface area contributed by atoms with Crippen molar-refractivity contribution in [2.45, 2.75) is 43.2 Å². The fourth-order valence-electron chi connectivity index (χ4n) is 5.68. The van der Waals surface area contributed by atoms with Gasteiger partial charge in [0.25, 0.3) is 0 Å². The van der Waals surface area contributed by atoms with Crippen LogP contribution in [0, 0.1) is 0 Å². The van der Waals surface area contributed by atoms with Crippen LogP contribution in [0.25, 0.3) is 0 Å². The van der Waals surface area contributed by atoms with Crippen LogP contribution in [0.2, 0.25) is 43.2 Å². The van der Waals surface area contributed by atoms with E-state index in [1.54, 1.807) is 0 Å². The highest BCUT2D eigenvalue weighted by atomic mass is 28.5. The van der Waals surface area contributed by atoms with Crippen molar-refractivity contribution in [1.29, 1.82) is 0 Å². The summed E-state index contributed by atoms with van der Waals surface area (Å²) in [5.41, 5.74) is 0. The third-order valence-corrected chi connectivity index (χ3v) is 38.5. The molecule has 0 amide bonds. The Hall–Kier alpha value is -0.812. The zero-order chi connectivity index (χ0) is 21.9. The highest BCUT2D eigenvalue weighted by Gasteiger charge is 2.72. The molecule has 2 aromatic rings. The lowest BCUT2D eigenvalue weighted by Gasteiger charge is -2.61. The fraction of sp³-hybridized carbons (Fsp3) is 0.455. The molecule has 3 nitrogen and oxygen atoms in total. The Labute approximate surface area is 182 Å². The van der Waals surface area contributed by atoms with Crippen molar-refractivity contribution in [3.63, 3.8) is 0 Å². The number of benzene rings is 2. The monoisotopic (exact) mass is 462 g/mol. The van der Waals surface area contributed by atoms with Crippen LogP contribution in [0.1, 0.15) is 0 Å². The first-order chi connectivity index (χ1) is 13.5. The Bertz CT molecular complexity index is 699. The van der Waals surface area contributed by atoms with E-state index in [9.17, 15) is 0 Å². The molecule has 0 heterocycles. The molecule has 0 bridgehead atoms. The lowest BCUT2D eigenvalue weighted by molar-refractivity contribution is 0.352. The maximum Gasteiger partial charge on any atom is 0.189 e. The van der Waals surface area contributed by atoms with E-state index in [1.165, 1.54) is 10.4 Å². The van der Waals surface area contributed by atoms with Gasteiger partial charge < -0.3 is 13.3 Å². The van der Waals surface area contributed by atoms with E-state index in [4.69, 9.17) is 13.3 Å². The lowest BCUT2D eigenvalue weighted by atomic mass is 10.4. The van der Waals surface area contributed by atoms with Crippen LogP contribution in [-0.4, -0.2) is 55.1 Å². The van der Waals surface area contributed by atoms with Crippen LogP contribution in [0.3, 0.4) is 0 Å². The summed E-state index contributed by atoms with van der Waals surface area (Å²) in [5.74, 6) is 0. The highest BCUT2D eigenvalue weighted by Crippen LogP contribution is 2.55. The van der Waals surface area contributed by atoms with Gasteiger partial charge in [-0.3, -0.25) is 0 Å². The maximum absolute atomic E-state index is 6.49. The minimum absolute atomic E-state index is 0.0477. The molecular weight excluding hydrogens is 425 g/mol. The molecule has 0 aliphatic heterocycles. The van der Waals surface area contributed by atoms with Gasteiger partial charge in [0.2, 0.25) is 0 Å². The zero-order valence-corrected chi connectivity index (χ0v) is 23.7. The Morgan fingerprint density at radius 1 is 0.552 bits per heavy atom. The molecule has 160 valence electrons. The summed E-state index contributed by atoms with van der Waals surface area (Å²) < 4.78 is 19.4. The second kappa shape index (κ2) is 9.13. The average Bonchev–Trinajstić information content (AvgIpc) is 2.72. The molecule has 0 aliphatic rings. The van der Waals surface area contributed by atoms with Gasteiger partial charge in [0, 0.05) is 25.2 Å². The highest BCUT2D eigenvalue weighted by molar-refractivity contribution is 7.27. The second-order valence-electron chi connectivity index (χ2n) is 9.21. The summed E-state index contributed by atoms with van der Waals surface area (Å²) in [5, 5.41) is 2.90. The molecule has 2 rings (SSSR count). The van der Waals surface area contributed by atoms with Gasteiger partial charge in [-0.15, -0.1) is 0 Å². The van der Waals surface area contributed by atoms with Crippen molar-refractivity contribution >= 4 is 44.1 Å². The first-order valence-corrected chi connectivity index (χ1v) is 20.7. The third kappa shape index (κ3) is 4.06. The lowest BCUT2D eigenvalue weighted by Crippen LogP contribution is -2.80. The summed E-state index contributed by atoms with van der Waals surface area (Å²) >= 11 is 0. The molecule has 0 saturated carbocycles. The molecular formula is C22H38O3Si4. The Kier molecular flexibility index (Phi) is 7.70. The molecule has 0 unspecified atom stereocenters. The van der Waals surface area contributed by atoms with E-state index in [2.05, 4.69) is 99.9 Å². The number of hydrogen-bond donors (Lipinski definition) is 0. The van der Waals surface area contributed by atoms with Crippen molar-refractivity contribution in [3.05, 3.63) is 60.7 Å². The summed E-state index contributed by atoms with van der Waals surface area (Å²) in [6.45, 7) is 14.3. The van der Waals surface area contributed by atoms with Crippen molar-refractivity contribution in [2.75, 3.05) is 21.3 Å². The van der Waals surface area contributed by atoms with E-state index in [0.717, 1.165) is 0 Å². The van der Waals surface area contributed by atoms with Gasteiger partial charge in [-0.1, -0.05) is 71.0 Å². The Balaban J connectivity index is 3.06. The first-order valence-electron chi connectivity index (χ1n) is 10.3. The largest absolute Gasteiger partial charge is 0.421 e.